The van der Waals surface area contributed by atoms with Crippen molar-refractivity contribution in [1.29, 1.82) is 0 Å². The Kier molecular flexibility index (Phi) is 7.22. The molecule has 28 heavy (non-hydrogen) atoms. The van der Waals surface area contributed by atoms with Crippen LogP contribution in [0.15, 0.2) is 53.4 Å². The lowest BCUT2D eigenvalue weighted by Crippen LogP contribution is -2.30. The third-order valence-corrected chi connectivity index (χ3v) is 7.02. The van der Waals surface area contributed by atoms with Crippen molar-refractivity contribution < 1.29 is 17.9 Å². The number of ether oxygens (including phenoxy) is 1. The minimum atomic E-state index is -3.73. The quantitative estimate of drug-likeness (QED) is 0.745. The van der Waals surface area contributed by atoms with Gasteiger partial charge in [-0.1, -0.05) is 36.4 Å². The zero-order valence-corrected chi connectivity index (χ0v) is 17.5. The van der Waals surface area contributed by atoms with Crippen molar-refractivity contribution in [2.75, 3.05) is 26.7 Å². The average molecular weight is 425 g/mol. The maximum Gasteiger partial charge on any atom is 0.338 e. The molecule has 1 heterocycles. The molecule has 1 saturated heterocycles. The second-order valence-electron chi connectivity index (χ2n) is 6.80. The van der Waals surface area contributed by atoms with Crippen molar-refractivity contribution in [1.82, 2.24) is 4.31 Å². The van der Waals surface area contributed by atoms with Gasteiger partial charge in [-0.2, -0.15) is 4.31 Å². The Morgan fingerprint density at radius 1 is 1.18 bits per heavy atom. The topological polar surface area (TPSA) is 89.7 Å². The molecule has 2 aromatic rings. The third-order valence-electron chi connectivity index (χ3n) is 5.19. The predicted octanol–water partition coefficient (Wildman–Crippen LogP) is 2.57. The molecule has 6 nitrogen and oxygen atoms in total. The molecule has 1 fully saturated rings. The second kappa shape index (κ2) is 9.05. The maximum atomic E-state index is 13.2. The molecule has 2 aromatic carbocycles. The Balaban J connectivity index is 0.00000280. The van der Waals surface area contributed by atoms with Crippen LogP contribution in [0.1, 0.15) is 27.4 Å². The lowest BCUT2D eigenvalue weighted by Gasteiger charge is -2.17. The zero-order chi connectivity index (χ0) is 19.6. The minimum Gasteiger partial charge on any atom is -0.465 e. The number of nitrogens with zero attached hydrogens (tertiary/aromatic N) is 1. The molecular weight excluding hydrogens is 400 g/mol. The number of nitrogens with two attached hydrogens (primary N) is 1. The normalized spacial score (nSPS) is 19.8. The molecule has 152 valence electrons. The van der Waals surface area contributed by atoms with E-state index in [1.165, 1.54) is 23.5 Å². The van der Waals surface area contributed by atoms with Crippen LogP contribution in [-0.4, -0.2) is 45.4 Å². The SMILES string of the molecule is COC(=O)c1cc(S(=O)(=O)N2C[C@@H](CN)[C@H](c3ccccc3)C2)ccc1C.Cl. The highest BCUT2D eigenvalue weighted by Gasteiger charge is 2.39. The highest BCUT2D eigenvalue weighted by molar-refractivity contribution is 7.89. The fourth-order valence-electron chi connectivity index (χ4n) is 3.59. The fourth-order valence-corrected chi connectivity index (χ4v) is 5.13. The minimum absolute atomic E-state index is 0. The second-order valence-corrected chi connectivity index (χ2v) is 8.74. The van der Waals surface area contributed by atoms with Gasteiger partial charge >= 0.3 is 5.97 Å². The molecular formula is C20H25ClN2O4S. The number of rotatable bonds is 5. The number of hydrogen-bond donors (Lipinski definition) is 1. The van der Waals surface area contributed by atoms with Crippen LogP contribution in [0.5, 0.6) is 0 Å². The van der Waals surface area contributed by atoms with Crippen molar-refractivity contribution in [3.63, 3.8) is 0 Å². The van der Waals surface area contributed by atoms with Gasteiger partial charge in [-0.25, -0.2) is 13.2 Å². The first-order chi connectivity index (χ1) is 12.9. The van der Waals surface area contributed by atoms with Gasteiger partial charge in [-0.05, 0) is 42.6 Å². The number of hydrogen-bond acceptors (Lipinski definition) is 5. The molecule has 3 rings (SSSR count). The summed E-state index contributed by atoms with van der Waals surface area (Å²) in [5.74, 6) is -0.447. The van der Waals surface area contributed by atoms with Gasteiger partial charge in [0.15, 0.2) is 0 Å². The van der Waals surface area contributed by atoms with E-state index in [9.17, 15) is 13.2 Å². The molecule has 0 aliphatic carbocycles. The van der Waals surface area contributed by atoms with Gasteiger partial charge in [0.2, 0.25) is 10.0 Å². The summed E-state index contributed by atoms with van der Waals surface area (Å²) in [5, 5.41) is 0. The van der Waals surface area contributed by atoms with E-state index in [4.69, 9.17) is 10.5 Å². The van der Waals surface area contributed by atoms with E-state index in [-0.39, 0.29) is 34.7 Å². The highest BCUT2D eigenvalue weighted by Crippen LogP contribution is 2.35. The number of halogens is 1. The highest BCUT2D eigenvalue weighted by atomic mass is 35.5. The summed E-state index contributed by atoms with van der Waals surface area (Å²) >= 11 is 0. The lowest BCUT2D eigenvalue weighted by atomic mass is 9.89. The van der Waals surface area contributed by atoms with E-state index in [2.05, 4.69) is 0 Å². The number of sulfonamides is 1. The van der Waals surface area contributed by atoms with Gasteiger partial charge in [-0.3, -0.25) is 0 Å². The zero-order valence-electron chi connectivity index (χ0n) is 15.9. The molecule has 8 heteroatoms. The molecule has 0 bridgehead atoms. The molecule has 0 aromatic heterocycles. The number of benzene rings is 2. The summed E-state index contributed by atoms with van der Waals surface area (Å²) in [6, 6.07) is 14.4. The van der Waals surface area contributed by atoms with Gasteiger partial charge in [0.25, 0.3) is 0 Å². The van der Waals surface area contributed by atoms with Crippen LogP contribution >= 0.6 is 12.4 Å². The van der Waals surface area contributed by atoms with Crippen molar-refractivity contribution in [3.05, 3.63) is 65.2 Å². The molecule has 1 aliphatic heterocycles. The molecule has 0 spiro atoms. The summed E-state index contributed by atoms with van der Waals surface area (Å²) in [4.78, 5) is 12.0. The Morgan fingerprint density at radius 3 is 2.46 bits per heavy atom. The van der Waals surface area contributed by atoms with Gasteiger partial charge in [0.05, 0.1) is 17.6 Å². The van der Waals surface area contributed by atoms with Crippen LogP contribution < -0.4 is 5.73 Å². The summed E-state index contributed by atoms with van der Waals surface area (Å²) in [7, 11) is -2.46. The van der Waals surface area contributed by atoms with Crippen LogP contribution in [-0.2, 0) is 14.8 Å². The van der Waals surface area contributed by atoms with E-state index in [0.29, 0.717) is 25.2 Å². The van der Waals surface area contributed by atoms with E-state index >= 15 is 0 Å². The molecule has 0 amide bonds. The molecule has 2 N–H and O–H groups in total. The fraction of sp³-hybridized carbons (Fsp3) is 0.350. The average Bonchev–Trinajstić information content (AvgIpc) is 3.13. The predicted molar refractivity (Wildman–Crippen MR) is 110 cm³/mol. The largest absolute Gasteiger partial charge is 0.465 e. The molecule has 2 atom stereocenters. The van der Waals surface area contributed by atoms with Gasteiger partial charge in [0.1, 0.15) is 0 Å². The maximum absolute atomic E-state index is 13.2. The first kappa shape index (κ1) is 22.4. The number of methoxy groups -OCH3 is 1. The Labute approximate surface area is 172 Å². The van der Waals surface area contributed by atoms with Gasteiger partial charge in [-0.15, -0.1) is 12.4 Å². The monoisotopic (exact) mass is 424 g/mol. The summed E-state index contributed by atoms with van der Waals surface area (Å²) < 4.78 is 32.6. The van der Waals surface area contributed by atoms with Crippen LogP contribution in [0.2, 0.25) is 0 Å². The number of esters is 1. The summed E-state index contributed by atoms with van der Waals surface area (Å²) in [6.45, 7) is 2.89. The van der Waals surface area contributed by atoms with Crippen LogP contribution in [0.4, 0.5) is 0 Å². The Morgan fingerprint density at radius 2 is 1.86 bits per heavy atom. The lowest BCUT2D eigenvalue weighted by molar-refractivity contribution is 0.0599. The Bertz CT molecular complexity index is 934. The molecule has 0 saturated carbocycles. The van der Waals surface area contributed by atoms with Crippen LogP contribution in [0.3, 0.4) is 0 Å². The van der Waals surface area contributed by atoms with E-state index in [0.717, 1.165) is 5.56 Å². The third kappa shape index (κ3) is 4.22. The smallest absolute Gasteiger partial charge is 0.338 e. The first-order valence-corrected chi connectivity index (χ1v) is 10.3. The number of carbonyl (C=O) groups is 1. The number of carbonyl (C=O) groups excluding carboxylic acids is 1. The van der Waals surface area contributed by atoms with Gasteiger partial charge in [0, 0.05) is 19.0 Å². The van der Waals surface area contributed by atoms with E-state index < -0.39 is 16.0 Å². The molecule has 0 unspecified atom stereocenters. The van der Waals surface area contributed by atoms with Crippen molar-refractivity contribution in [2.45, 2.75) is 17.7 Å². The van der Waals surface area contributed by atoms with Crippen molar-refractivity contribution in [2.24, 2.45) is 11.7 Å². The van der Waals surface area contributed by atoms with E-state index in [1.54, 1.807) is 13.0 Å². The summed E-state index contributed by atoms with van der Waals surface area (Å²) in [6.07, 6.45) is 0. The molecule has 0 radical (unpaired) electrons. The van der Waals surface area contributed by atoms with Crippen LogP contribution in [0.25, 0.3) is 0 Å². The number of aryl methyl sites for hydroxylation is 1. The molecule has 1 aliphatic rings. The van der Waals surface area contributed by atoms with E-state index in [1.807, 2.05) is 30.3 Å². The standard InChI is InChI=1S/C20H24N2O4S.ClH/c1-14-8-9-17(10-18(14)20(23)26-2)27(24,25)22-12-16(11-21)19(13-22)15-6-4-3-5-7-15;/h3-10,16,19H,11-13,21H2,1-2H3;1H/t16-,19+;/m1./s1. The van der Waals surface area contributed by atoms with Crippen molar-refractivity contribution in [3.8, 4) is 0 Å². The summed E-state index contributed by atoms with van der Waals surface area (Å²) in [5.41, 5.74) is 7.94. The van der Waals surface area contributed by atoms with Crippen molar-refractivity contribution >= 4 is 28.4 Å². The van der Waals surface area contributed by atoms with Crippen LogP contribution in [0, 0.1) is 12.8 Å². The Hall–Kier alpha value is -1.93. The first-order valence-electron chi connectivity index (χ1n) is 8.82. The van der Waals surface area contributed by atoms with Gasteiger partial charge < -0.3 is 10.5 Å².